The molecule has 0 aromatic carbocycles. The van der Waals surface area contributed by atoms with E-state index in [4.69, 9.17) is 0 Å². The van der Waals surface area contributed by atoms with Crippen LogP contribution in [0.5, 0.6) is 0 Å². The molecule has 0 bridgehead atoms. The molecule has 2 aliphatic carbocycles. The second-order valence-corrected chi connectivity index (χ2v) is 4.43. The number of aliphatic imine (C=N–C) groups is 1. The van der Waals surface area contributed by atoms with Crippen molar-refractivity contribution < 1.29 is 0 Å². The number of allylic oxidation sites excluding steroid dienone is 7. The molecule has 2 unspecified atom stereocenters. The van der Waals surface area contributed by atoms with Gasteiger partial charge in [-0.15, -0.1) is 0 Å². The smallest absolute Gasteiger partial charge is 0.0515 e. The van der Waals surface area contributed by atoms with Crippen molar-refractivity contribution in [1.82, 2.24) is 0 Å². The second kappa shape index (κ2) is 2.35. The van der Waals surface area contributed by atoms with Crippen LogP contribution in [0.2, 0.25) is 0 Å². The lowest BCUT2D eigenvalue weighted by molar-refractivity contribution is 0.477. The maximum Gasteiger partial charge on any atom is 0.0515 e. The molecule has 3 aliphatic rings. The first-order chi connectivity index (χ1) is 6.71. The molecular weight excluding hydrogens is 170 g/mol. The predicted molar refractivity (Wildman–Crippen MR) is 59.2 cm³/mol. The number of hydrogen-bond donors (Lipinski definition) is 0. The summed E-state index contributed by atoms with van der Waals surface area (Å²) in [5.41, 5.74) is 4.01. The van der Waals surface area contributed by atoms with Crippen LogP contribution in [0.25, 0.3) is 0 Å². The quantitative estimate of drug-likeness (QED) is 0.547. The van der Waals surface area contributed by atoms with Crippen LogP contribution >= 0.6 is 0 Å². The van der Waals surface area contributed by atoms with E-state index in [-0.39, 0.29) is 5.41 Å². The Morgan fingerprint density at radius 1 is 1.36 bits per heavy atom. The zero-order valence-electron chi connectivity index (χ0n) is 8.49. The Labute approximate surface area is 84.2 Å². The monoisotopic (exact) mass is 183 g/mol. The van der Waals surface area contributed by atoms with Gasteiger partial charge in [0.2, 0.25) is 0 Å². The summed E-state index contributed by atoms with van der Waals surface area (Å²) in [5, 5.41) is 0. The Balaban J connectivity index is 2.28. The Morgan fingerprint density at radius 2 is 2.21 bits per heavy atom. The van der Waals surface area contributed by atoms with Crippen molar-refractivity contribution in [2.75, 3.05) is 0 Å². The van der Waals surface area contributed by atoms with Gasteiger partial charge in [-0.05, 0) is 31.1 Å². The van der Waals surface area contributed by atoms with Crippen molar-refractivity contribution in [3.05, 3.63) is 47.2 Å². The molecule has 0 spiro atoms. The molecule has 0 saturated heterocycles. The van der Waals surface area contributed by atoms with Gasteiger partial charge in [0.05, 0.1) is 5.70 Å². The predicted octanol–water partition coefficient (Wildman–Crippen LogP) is 3.03. The molecule has 0 aromatic rings. The summed E-state index contributed by atoms with van der Waals surface area (Å²) in [6, 6.07) is 0. The molecule has 1 aliphatic heterocycles. The van der Waals surface area contributed by atoms with Gasteiger partial charge in [-0.3, -0.25) is 4.99 Å². The van der Waals surface area contributed by atoms with Crippen molar-refractivity contribution in [2.24, 2.45) is 16.3 Å². The van der Waals surface area contributed by atoms with E-state index in [9.17, 15) is 0 Å². The van der Waals surface area contributed by atoms with Gasteiger partial charge >= 0.3 is 0 Å². The highest BCUT2D eigenvalue weighted by atomic mass is 14.8. The third-order valence-corrected chi connectivity index (χ3v) is 3.55. The van der Waals surface area contributed by atoms with Crippen molar-refractivity contribution in [2.45, 2.75) is 13.8 Å². The molecule has 3 rings (SSSR count). The first-order valence-corrected chi connectivity index (χ1v) is 5.05. The van der Waals surface area contributed by atoms with Crippen LogP contribution in [0.1, 0.15) is 13.8 Å². The summed E-state index contributed by atoms with van der Waals surface area (Å²) in [4.78, 5) is 4.53. The molecule has 0 amide bonds. The van der Waals surface area contributed by atoms with Gasteiger partial charge < -0.3 is 0 Å². The van der Waals surface area contributed by atoms with E-state index in [2.05, 4.69) is 55.4 Å². The standard InChI is InChI=1S/C13H13N/c1-9-3-4-10-5-6-11-8-14-12(7-9)13(10,11)2/h3-8,11H,1-2H3. The number of rotatable bonds is 0. The molecule has 0 aromatic heterocycles. The molecule has 0 radical (unpaired) electrons. The van der Waals surface area contributed by atoms with Gasteiger partial charge in [0.15, 0.2) is 0 Å². The summed E-state index contributed by atoms with van der Waals surface area (Å²) in [5.74, 6) is 0.472. The third-order valence-electron chi connectivity index (χ3n) is 3.55. The van der Waals surface area contributed by atoms with Crippen molar-refractivity contribution in [3.8, 4) is 0 Å². The summed E-state index contributed by atoms with van der Waals surface area (Å²) in [6.45, 7) is 4.41. The fraction of sp³-hybridized carbons (Fsp3) is 0.308. The molecule has 2 atom stereocenters. The van der Waals surface area contributed by atoms with Gasteiger partial charge in [0, 0.05) is 17.5 Å². The maximum absolute atomic E-state index is 4.53. The topological polar surface area (TPSA) is 12.4 Å². The van der Waals surface area contributed by atoms with Gasteiger partial charge in [-0.2, -0.15) is 0 Å². The third kappa shape index (κ3) is 0.777. The molecule has 1 nitrogen and oxygen atoms in total. The van der Waals surface area contributed by atoms with E-state index >= 15 is 0 Å². The number of hydrogen-bond acceptors (Lipinski definition) is 1. The lowest BCUT2D eigenvalue weighted by atomic mass is 9.76. The van der Waals surface area contributed by atoms with Crippen molar-refractivity contribution in [3.63, 3.8) is 0 Å². The molecule has 14 heavy (non-hydrogen) atoms. The maximum atomic E-state index is 4.53. The van der Waals surface area contributed by atoms with E-state index in [1.54, 1.807) is 0 Å². The van der Waals surface area contributed by atoms with Gasteiger partial charge in [0.25, 0.3) is 0 Å². The van der Waals surface area contributed by atoms with Crippen LogP contribution in [0.3, 0.4) is 0 Å². The van der Waals surface area contributed by atoms with Gasteiger partial charge in [0.1, 0.15) is 0 Å². The van der Waals surface area contributed by atoms with Crippen LogP contribution in [0.15, 0.2) is 52.2 Å². The Morgan fingerprint density at radius 3 is 3.07 bits per heavy atom. The molecular formula is C13H13N. The van der Waals surface area contributed by atoms with Crippen LogP contribution in [-0.2, 0) is 0 Å². The first-order valence-electron chi connectivity index (χ1n) is 5.05. The lowest BCUT2D eigenvalue weighted by Crippen LogP contribution is -2.21. The van der Waals surface area contributed by atoms with Crippen molar-refractivity contribution >= 4 is 6.21 Å². The summed E-state index contributed by atoms with van der Waals surface area (Å²) in [7, 11) is 0. The minimum atomic E-state index is 0.119. The average Bonchev–Trinajstić information content (AvgIpc) is 2.56. The van der Waals surface area contributed by atoms with E-state index in [1.807, 2.05) is 0 Å². The largest absolute Gasteiger partial charge is 0.264 e. The minimum Gasteiger partial charge on any atom is -0.264 e. The van der Waals surface area contributed by atoms with Gasteiger partial charge in [-0.25, -0.2) is 0 Å². The normalized spacial score (nSPS) is 37.6. The molecule has 0 saturated carbocycles. The van der Waals surface area contributed by atoms with Gasteiger partial charge in [-0.1, -0.05) is 24.3 Å². The van der Waals surface area contributed by atoms with Crippen LogP contribution in [-0.4, -0.2) is 6.21 Å². The average molecular weight is 183 g/mol. The lowest BCUT2D eigenvalue weighted by Gasteiger charge is -2.26. The van der Waals surface area contributed by atoms with Crippen molar-refractivity contribution in [1.29, 1.82) is 0 Å². The summed E-state index contributed by atoms with van der Waals surface area (Å²) < 4.78 is 0. The summed E-state index contributed by atoms with van der Waals surface area (Å²) >= 11 is 0. The fourth-order valence-electron chi connectivity index (χ4n) is 2.48. The zero-order chi connectivity index (χ0) is 9.76. The fourth-order valence-corrected chi connectivity index (χ4v) is 2.48. The van der Waals surface area contributed by atoms with Crippen LogP contribution in [0, 0.1) is 11.3 Å². The SMILES string of the molecule is CC1=CC=C2C=CC3C=NC(=C1)C23C. The number of nitrogens with zero attached hydrogens (tertiary/aromatic N) is 1. The second-order valence-electron chi connectivity index (χ2n) is 4.43. The highest BCUT2D eigenvalue weighted by Crippen LogP contribution is 2.52. The first kappa shape index (κ1) is 7.98. The highest BCUT2D eigenvalue weighted by molar-refractivity contribution is 5.77. The Kier molecular flexibility index (Phi) is 1.34. The molecule has 70 valence electrons. The van der Waals surface area contributed by atoms with E-state index in [0.717, 1.165) is 0 Å². The molecule has 0 fully saturated rings. The minimum absolute atomic E-state index is 0.119. The summed E-state index contributed by atoms with van der Waals surface area (Å²) in [6.07, 6.45) is 13.2. The van der Waals surface area contributed by atoms with E-state index < -0.39 is 0 Å². The van der Waals surface area contributed by atoms with Crippen LogP contribution < -0.4 is 0 Å². The Hall–Kier alpha value is -1.37. The zero-order valence-corrected chi connectivity index (χ0v) is 8.49. The van der Waals surface area contributed by atoms with E-state index in [1.165, 1.54) is 16.8 Å². The molecule has 1 heterocycles. The Bertz CT molecular complexity index is 446. The molecule has 1 heteroatoms. The van der Waals surface area contributed by atoms with Crippen LogP contribution in [0.4, 0.5) is 0 Å². The molecule has 0 N–H and O–H groups in total. The van der Waals surface area contributed by atoms with E-state index in [0.29, 0.717) is 5.92 Å². The highest BCUT2D eigenvalue weighted by Gasteiger charge is 2.45.